The fourth-order valence-electron chi connectivity index (χ4n) is 5.02. The summed E-state index contributed by atoms with van der Waals surface area (Å²) in [5.41, 5.74) is 1.44. The zero-order chi connectivity index (χ0) is 19.7. The molecule has 2 fully saturated rings. The van der Waals surface area contributed by atoms with Crippen molar-refractivity contribution in [3.8, 4) is 5.75 Å². The van der Waals surface area contributed by atoms with E-state index in [2.05, 4.69) is 22.5 Å². The maximum Gasteiger partial charge on any atom is 0.267 e. The van der Waals surface area contributed by atoms with E-state index < -0.39 is 0 Å². The lowest BCUT2D eigenvalue weighted by atomic mass is 9.70. The summed E-state index contributed by atoms with van der Waals surface area (Å²) in [5, 5.41) is 7.32. The maximum absolute atomic E-state index is 12.8. The van der Waals surface area contributed by atoms with Crippen LogP contribution in [0.5, 0.6) is 5.75 Å². The molecule has 1 aromatic carbocycles. The lowest BCUT2D eigenvalue weighted by Crippen LogP contribution is -2.55. The van der Waals surface area contributed by atoms with Crippen molar-refractivity contribution in [1.82, 2.24) is 15.6 Å². The highest BCUT2D eigenvalue weighted by atomic mass is 16.5. The zero-order valence-electron chi connectivity index (χ0n) is 16.6. The van der Waals surface area contributed by atoms with Crippen LogP contribution in [0.15, 0.2) is 24.3 Å². The number of piperidine rings is 1. The van der Waals surface area contributed by atoms with Crippen LogP contribution in [0.1, 0.15) is 55.9 Å². The minimum absolute atomic E-state index is 0.0918. The van der Waals surface area contributed by atoms with E-state index in [-0.39, 0.29) is 23.9 Å². The Morgan fingerprint density at radius 3 is 2.93 bits per heavy atom. The summed E-state index contributed by atoms with van der Waals surface area (Å²) in [6, 6.07) is 7.87. The van der Waals surface area contributed by atoms with E-state index in [1.165, 1.54) is 0 Å². The molecule has 1 aliphatic carbocycles. The average molecular weight is 383 g/mol. The van der Waals surface area contributed by atoms with Gasteiger partial charge in [-0.1, -0.05) is 13.3 Å². The van der Waals surface area contributed by atoms with Gasteiger partial charge in [0.2, 0.25) is 5.91 Å². The van der Waals surface area contributed by atoms with Gasteiger partial charge in [0.25, 0.3) is 5.91 Å². The number of hydrogen-bond acceptors (Lipinski definition) is 3. The maximum atomic E-state index is 12.8. The molecular weight excluding hydrogens is 354 g/mol. The normalized spacial score (nSPS) is 27.1. The van der Waals surface area contributed by atoms with E-state index in [4.69, 9.17) is 4.74 Å². The molecule has 2 amide bonds. The van der Waals surface area contributed by atoms with Crippen molar-refractivity contribution >= 4 is 22.7 Å². The molecule has 6 heteroatoms. The standard InChI is InChI=1S/C22H29N3O3/c1-3-4-13-10-21(26)25-19-11-15(6-8-17(13)19)23-22(27)20-9-14-5-7-16(28-2)12-18(14)24-20/h5,7,9,12-13,15,17,19,24H,3-4,6,8,10-11H2,1-2H3,(H,23,27)(H,25,26). The monoisotopic (exact) mass is 383 g/mol. The lowest BCUT2D eigenvalue weighted by molar-refractivity contribution is -0.127. The van der Waals surface area contributed by atoms with Crippen LogP contribution in [0.4, 0.5) is 0 Å². The minimum Gasteiger partial charge on any atom is -0.497 e. The van der Waals surface area contributed by atoms with Crippen molar-refractivity contribution in [3.05, 3.63) is 30.0 Å². The molecule has 4 atom stereocenters. The van der Waals surface area contributed by atoms with Crippen molar-refractivity contribution in [3.63, 3.8) is 0 Å². The van der Waals surface area contributed by atoms with E-state index in [9.17, 15) is 9.59 Å². The fraction of sp³-hybridized carbons (Fsp3) is 0.545. The third-order valence-corrected chi connectivity index (χ3v) is 6.37. The predicted molar refractivity (Wildman–Crippen MR) is 108 cm³/mol. The number of ether oxygens (including phenoxy) is 1. The first kappa shape index (κ1) is 18.8. The SMILES string of the molecule is CCCC1CC(=O)NC2CC(NC(=O)c3cc4ccc(OC)cc4[nH]3)CCC12. The zero-order valence-corrected chi connectivity index (χ0v) is 16.6. The molecule has 150 valence electrons. The Labute approximate surface area is 165 Å². The van der Waals surface area contributed by atoms with E-state index in [1.807, 2.05) is 24.3 Å². The Kier molecular flexibility index (Phi) is 5.29. The Bertz CT molecular complexity index is 875. The van der Waals surface area contributed by atoms with Gasteiger partial charge >= 0.3 is 0 Å². The number of carbonyl (C=O) groups is 2. The number of nitrogens with one attached hydrogen (secondary N) is 3. The molecule has 3 N–H and O–H groups in total. The summed E-state index contributed by atoms with van der Waals surface area (Å²) in [5.74, 6) is 1.87. The largest absolute Gasteiger partial charge is 0.497 e. The Hall–Kier alpha value is -2.50. The topological polar surface area (TPSA) is 83.2 Å². The van der Waals surface area contributed by atoms with Crippen molar-refractivity contribution in [2.75, 3.05) is 7.11 Å². The van der Waals surface area contributed by atoms with Gasteiger partial charge in [0.1, 0.15) is 11.4 Å². The van der Waals surface area contributed by atoms with Crippen molar-refractivity contribution in [2.45, 2.75) is 57.5 Å². The second-order valence-electron chi connectivity index (χ2n) is 8.21. The molecular formula is C22H29N3O3. The van der Waals surface area contributed by atoms with Crippen LogP contribution in [0.2, 0.25) is 0 Å². The highest BCUT2D eigenvalue weighted by molar-refractivity contribution is 5.98. The number of hydrogen-bond donors (Lipinski definition) is 3. The van der Waals surface area contributed by atoms with Gasteiger partial charge in [-0.25, -0.2) is 0 Å². The summed E-state index contributed by atoms with van der Waals surface area (Å²) in [6.07, 6.45) is 5.74. The molecule has 4 rings (SSSR count). The van der Waals surface area contributed by atoms with E-state index in [1.54, 1.807) is 7.11 Å². The molecule has 2 aromatic rings. The van der Waals surface area contributed by atoms with Gasteiger partial charge in [0.15, 0.2) is 0 Å². The second kappa shape index (κ2) is 7.86. The molecule has 6 nitrogen and oxygen atoms in total. The molecule has 28 heavy (non-hydrogen) atoms. The summed E-state index contributed by atoms with van der Waals surface area (Å²) in [6.45, 7) is 2.18. The Balaban J connectivity index is 1.42. The average Bonchev–Trinajstić information content (AvgIpc) is 3.11. The fourth-order valence-corrected chi connectivity index (χ4v) is 5.02. The number of amides is 2. The van der Waals surface area contributed by atoms with Crippen molar-refractivity contribution in [2.24, 2.45) is 11.8 Å². The summed E-state index contributed by atoms with van der Waals surface area (Å²) >= 11 is 0. The Morgan fingerprint density at radius 1 is 1.29 bits per heavy atom. The number of carbonyl (C=O) groups excluding carboxylic acids is 2. The van der Waals surface area contributed by atoms with Crippen LogP contribution in [0.25, 0.3) is 10.9 Å². The molecule has 1 aromatic heterocycles. The van der Waals surface area contributed by atoms with Gasteiger partial charge < -0.3 is 20.4 Å². The van der Waals surface area contributed by atoms with Crippen LogP contribution in [-0.4, -0.2) is 36.0 Å². The number of methoxy groups -OCH3 is 1. The summed E-state index contributed by atoms with van der Waals surface area (Å²) in [7, 11) is 1.63. The van der Waals surface area contributed by atoms with Crippen molar-refractivity contribution < 1.29 is 14.3 Å². The van der Waals surface area contributed by atoms with E-state index in [0.29, 0.717) is 24.0 Å². The minimum atomic E-state index is -0.0918. The molecule has 2 aliphatic rings. The predicted octanol–water partition coefficient (Wildman–Crippen LogP) is 3.38. The number of H-pyrrole nitrogens is 1. The highest BCUT2D eigenvalue weighted by Crippen LogP contribution is 2.37. The van der Waals surface area contributed by atoms with Gasteiger partial charge in [0, 0.05) is 35.5 Å². The first-order chi connectivity index (χ1) is 13.6. The molecule has 1 saturated heterocycles. The highest BCUT2D eigenvalue weighted by Gasteiger charge is 2.40. The van der Waals surface area contributed by atoms with Gasteiger partial charge in [-0.15, -0.1) is 0 Å². The number of rotatable bonds is 5. The quantitative estimate of drug-likeness (QED) is 0.740. The van der Waals surface area contributed by atoms with Crippen LogP contribution >= 0.6 is 0 Å². The summed E-state index contributed by atoms with van der Waals surface area (Å²) in [4.78, 5) is 28.0. The van der Waals surface area contributed by atoms with E-state index in [0.717, 1.165) is 48.8 Å². The third kappa shape index (κ3) is 3.73. The summed E-state index contributed by atoms with van der Waals surface area (Å²) < 4.78 is 5.24. The third-order valence-electron chi connectivity index (χ3n) is 6.37. The molecule has 2 heterocycles. The van der Waals surface area contributed by atoms with E-state index >= 15 is 0 Å². The second-order valence-corrected chi connectivity index (χ2v) is 8.21. The van der Waals surface area contributed by atoms with Gasteiger partial charge in [-0.3, -0.25) is 9.59 Å². The van der Waals surface area contributed by atoms with Gasteiger partial charge in [0.05, 0.1) is 7.11 Å². The molecule has 1 saturated carbocycles. The van der Waals surface area contributed by atoms with Crippen LogP contribution in [0, 0.1) is 11.8 Å². The van der Waals surface area contributed by atoms with Crippen LogP contribution < -0.4 is 15.4 Å². The Morgan fingerprint density at radius 2 is 2.14 bits per heavy atom. The smallest absolute Gasteiger partial charge is 0.267 e. The molecule has 4 unspecified atom stereocenters. The van der Waals surface area contributed by atoms with Crippen LogP contribution in [-0.2, 0) is 4.79 Å². The molecule has 0 spiro atoms. The molecule has 1 aliphatic heterocycles. The number of aromatic nitrogens is 1. The lowest BCUT2D eigenvalue weighted by Gasteiger charge is -2.44. The van der Waals surface area contributed by atoms with Gasteiger partial charge in [-0.05, 0) is 55.7 Å². The molecule has 0 radical (unpaired) electrons. The van der Waals surface area contributed by atoms with Crippen molar-refractivity contribution in [1.29, 1.82) is 0 Å². The number of fused-ring (bicyclic) bond motifs is 2. The number of aromatic amines is 1. The molecule has 0 bridgehead atoms. The first-order valence-corrected chi connectivity index (χ1v) is 10.3. The number of benzene rings is 1. The first-order valence-electron chi connectivity index (χ1n) is 10.3. The van der Waals surface area contributed by atoms with Crippen LogP contribution in [0.3, 0.4) is 0 Å². The van der Waals surface area contributed by atoms with Gasteiger partial charge in [-0.2, -0.15) is 0 Å².